The number of ether oxygens (including phenoxy) is 2. The summed E-state index contributed by atoms with van der Waals surface area (Å²) in [5, 5.41) is 3.97. The van der Waals surface area contributed by atoms with Crippen LogP contribution in [0.5, 0.6) is 0 Å². The maximum Gasteiger partial charge on any atom is 0.227 e. The Morgan fingerprint density at radius 1 is 1.26 bits per heavy atom. The maximum absolute atomic E-state index is 6.29. The molecule has 0 saturated carbocycles. The number of rotatable bonds is 6. The summed E-state index contributed by atoms with van der Waals surface area (Å²) in [6, 6.07) is 4.19. The smallest absolute Gasteiger partial charge is 0.227 e. The Balaban J connectivity index is 1.30. The van der Waals surface area contributed by atoms with Crippen LogP contribution >= 0.6 is 0 Å². The molecule has 2 aliphatic heterocycles. The third kappa shape index (κ3) is 4.72. The summed E-state index contributed by atoms with van der Waals surface area (Å²) >= 11 is 0. The van der Waals surface area contributed by atoms with Gasteiger partial charge in [-0.1, -0.05) is 5.16 Å². The average molecular weight is 372 g/mol. The molecule has 0 amide bonds. The van der Waals surface area contributed by atoms with E-state index >= 15 is 0 Å². The zero-order valence-electron chi connectivity index (χ0n) is 16.0. The van der Waals surface area contributed by atoms with Gasteiger partial charge in [0, 0.05) is 52.2 Å². The highest BCUT2D eigenvalue weighted by atomic mass is 16.5. The quantitative estimate of drug-likeness (QED) is 0.772. The molecule has 4 heterocycles. The van der Waals surface area contributed by atoms with Gasteiger partial charge in [0.15, 0.2) is 5.82 Å². The summed E-state index contributed by atoms with van der Waals surface area (Å²) in [7, 11) is 1.64. The van der Waals surface area contributed by atoms with E-state index in [1.54, 1.807) is 7.11 Å². The molecule has 0 bridgehead atoms. The summed E-state index contributed by atoms with van der Waals surface area (Å²) in [6.45, 7) is 4.37. The van der Waals surface area contributed by atoms with E-state index in [-0.39, 0.29) is 5.60 Å². The second kappa shape index (κ2) is 8.46. The van der Waals surface area contributed by atoms with Gasteiger partial charge in [0.25, 0.3) is 0 Å². The van der Waals surface area contributed by atoms with Crippen molar-refractivity contribution < 1.29 is 14.0 Å². The molecule has 0 aliphatic carbocycles. The molecule has 4 rings (SSSR count). The van der Waals surface area contributed by atoms with Crippen LogP contribution in [0, 0.1) is 5.92 Å². The zero-order chi connectivity index (χ0) is 18.5. The molecule has 2 fully saturated rings. The van der Waals surface area contributed by atoms with E-state index in [1.165, 1.54) is 5.56 Å². The highest BCUT2D eigenvalue weighted by molar-refractivity contribution is 5.09. The van der Waals surface area contributed by atoms with Crippen LogP contribution in [0.4, 0.5) is 0 Å². The van der Waals surface area contributed by atoms with Crippen molar-refractivity contribution >= 4 is 0 Å². The number of piperidine rings is 1. The third-order valence-corrected chi connectivity index (χ3v) is 5.76. The lowest BCUT2D eigenvalue weighted by molar-refractivity contribution is -0.128. The van der Waals surface area contributed by atoms with E-state index in [9.17, 15) is 0 Å². The fourth-order valence-electron chi connectivity index (χ4n) is 4.32. The molecule has 2 aliphatic rings. The molecule has 7 heteroatoms. The Hall–Kier alpha value is -1.83. The van der Waals surface area contributed by atoms with E-state index in [0.29, 0.717) is 18.3 Å². The van der Waals surface area contributed by atoms with Gasteiger partial charge < -0.3 is 14.0 Å². The van der Waals surface area contributed by atoms with Crippen LogP contribution in [0.3, 0.4) is 0 Å². The topological polar surface area (TPSA) is 73.5 Å². The van der Waals surface area contributed by atoms with Crippen LogP contribution in [-0.4, -0.2) is 52.4 Å². The molecular weight excluding hydrogens is 344 g/mol. The van der Waals surface area contributed by atoms with Crippen molar-refractivity contribution in [3.8, 4) is 0 Å². The van der Waals surface area contributed by atoms with Crippen LogP contribution < -0.4 is 0 Å². The predicted molar refractivity (Wildman–Crippen MR) is 98.9 cm³/mol. The molecule has 2 aromatic heterocycles. The van der Waals surface area contributed by atoms with Crippen LogP contribution in [0.2, 0.25) is 0 Å². The van der Waals surface area contributed by atoms with Gasteiger partial charge in [-0.05, 0) is 49.3 Å². The van der Waals surface area contributed by atoms with Crippen molar-refractivity contribution in [1.82, 2.24) is 20.0 Å². The molecule has 27 heavy (non-hydrogen) atoms. The van der Waals surface area contributed by atoms with Crippen molar-refractivity contribution in [1.29, 1.82) is 0 Å². The highest BCUT2D eigenvalue weighted by Gasteiger charge is 2.40. The molecule has 146 valence electrons. The van der Waals surface area contributed by atoms with Gasteiger partial charge in [0.2, 0.25) is 5.89 Å². The normalized spacial score (nSPS) is 22.9. The zero-order valence-corrected chi connectivity index (χ0v) is 16.0. The lowest BCUT2D eigenvalue weighted by Gasteiger charge is -2.46. The van der Waals surface area contributed by atoms with Crippen molar-refractivity contribution in [2.24, 2.45) is 5.92 Å². The first-order valence-electron chi connectivity index (χ1n) is 9.80. The van der Waals surface area contributed by atoms with Gasteiger partial charge in [-0.15, -0.1) is 0 Å². The Bertz CT molecular complexity index is 713. The number of likely N-dealkylation sites (tertiary alicyclic amines) is 1. The lowest BCUT2D eigenvalue weighted by Crippen LogP contribution is -2.49. The van der Waals surface area contributed by atoms with Gasteiger partial charge in [-0.25, -0.2) is 0 Å². The number of pyridine rings is 1. The molecule has 0 aromatic carbocycles. The Labute approximate surface area is 160 Å². The van der Waals surface area contributed by atoms with E-state index in [0.717, 1.165) is 64.2 Å². The van der Waals surface area contributed by atoms with Crippen LogP contribution in [0.15, 0.2) is 29.0 Å². The molecule has 1 spiro atoms. The first-order valence-corrected chi connectivity index (χ1v) is 9.80. The monoisotopic (exact) mass is 372 g/mol. The molecule has 2 aromatic rings. The second-order valence-electron chi connectivity index (χ2n) is 7.76. The van der Waals surface area contributed by atoms with E-state index in [1.807, 2.05) is 12.4 Å². The van der Waals surface area contributed by atoms with Crippen molar-refractivity contribution in [2.75, 3.05) is 26.8 Å². The second-order valence-corrected chi connectivity index (χ2v) is 7.76. The molecule has 1 unspecified atom stereocenters. The summed E-state index contributed by atoms with van der Waals surface area (Å²) in [6.07, 6.45) is 8.89. The minimum absolute atomic E-state index is 0.0209. The Morgan fingerprint density at radius 3 is 2.85 bits per heavy atom. The minimum Gasteiger partial charge on any atom is -0.377 e. The predicted octanol–water partition coefficient (Wildman–Crippen LogP) is 2.61. The summed E-state index contributed by atoms with van der Waals surface area (Å²) < 4.78 is 16.7. The molecule has 1 atom stereocenters. The molecule has 0 radical (unpaired) electrons. The number of hydrogen-bond donors (Lipinski definition) is 0. The van der Waals surface area contributed by atoms with Gasteiger partial charge in [-0.3, -0.25) is 9.88 Å². The summed E-state index contributed by atoms with van der Waals surface area (Å²) in [5.74, 6) is 1.89. The van der Waals surface area contributed by atoms with Gasteiger partial charge in [0.1, 0.15) is 6.61 Å². The number of aromatic nitrogens is 3. The lowest BCUT2D eigenvalue weighted by atomic mass is 9.78. The highest BCUT2D eigenvalue weighted by Crippen LogP contribution is 2.38. The molecule has 0 N–H and O–H groups in total. The first kappa shape index (κ1) is 18.5. The largest absolute Gasteiger partial charge is 0.377 e. The minimum atomic E-state index is 0.0209. The van der Waals surface area contributed by atoms with Crippen LogP contribution in [0.1, 0.15) is 43.0 Å². The molecule has 7 nitrogen and oxygen atoms in total. The fraction of sp³-hybridized carbons (Fsp3) is 0.650. The van der Waals surface area contributed by atoms with Gasteiger partial charge >= 0.3 is 0 Å². The number of nitrogens with zero attached hydrogens (tertiary/aromatic N) is 4. The Kier molecular flexibility index (Phi) is 5.80. The average Bonchev–Trinajstić information content (AvgIpc) is 3.12. The maximum atomic E-state index is 6.29. The number of methoxy groups -OCH3 is 1. The van der Waals surface area contributed by atoms with E-state index < -0.39 is 0 Å². The molecular formula is C20H28N4O3. The standard InChI is InChI=1S/C20H28N4O3/c1-25-15-18-22-19(27-23-18)12-17-4-11-26-20(13-17)5-9-24(10-6-20)14-16-2-7-21-8-3-16/h2-3,7-8,17H,4-6,9-15H2,1H3. The van der Waals surface area contributed by atoms with Crippen molar-refractivity contribution in [3.63, 3.8) is 0 Å². The van der Waals surface area contributed by atoms with Crippen LogP contribution in [0.25, 0.3) is 0 Å². The van der Waals surface area contributed by atoms with Gasteiger partial charge in [0.05, 0.1) is 5.60 Å². The third-order valence-electron chi connectivity index (χ3n) is 5.76. The number of hydrogen-bond acceptors (Lipinski definition) is 7. The molecule has 2 saturated heterocycles. The summed E-state index contributed by atoms with van der Waals surface area (Å²) in [4.78, 5) is 11.0. The van der Waals surface area contributed by atoms with Crippen molar-refractivity contribution in [3.05, 3.63) is 41.8 Å². The van der Waals surface area contributed by atoms with E-state index in [4.69, 9.17) is 14.0 Å². The van der Waals surface area contributed by atoms with Crippen LogP contribution in [-0.2, 0) is 29.0 Å². The Morgan fingerprint density at radius 2 is 2.07 bits per heavy atom. The first-order chi connectivity index (χ1) is 13.2. The fourth-order valence-corrected chi connectivity index (χ4v) is 4.32. The SMILES string of the molecule is COCc1noc(CC2CCOC3(CCN(Cc4ccncc4)CC3)C2)n1. The van der Waals surface area contributed by atoms with Crippen molar-refractivity contribution in [2.45, 2.75) is 50.9 Å². The van der Waals surface area contributed by atoms with Gasteiger partial charge in [-0.2, -0.15) is 4.98 Å². The summed E-state index contributed by atoms with van der Waals surface area (Å²) in [5.41, 5.74) is 1.35. The van der Waals surface area contributed by atoms with E-state index in [2.05, 4.69) is 32.2 Å².